The Balaban J connectivity index is 2.57. The predicted molar refractivity (Wildman–Crippen MR) is 78.6 cm³/mol. The van der Waals surface area contributed by atoms with Gasteiger partial charge in [-0.1, -0.05) is 13.8 Å². The Morgan fingerprint density at radius 1 is 1.38 bits per heavy atom. The number of likely N-dealkylation sites (tertiary alicyclic amines) is 1. The van der Waals surface area contributed by atoms with Crippen molar-refractivity contribution in [3.8, 4) is 0 Å². The van der Waals surface area contributed by atoms with Crippen molar-refractivity contribution in [2.75, 3.05) is 26.7 Å². The molecule has 0 aliphatic carbocycles. The molecule has 1 heterocycles. The van der Waals surface area contributed by atoms with E-state index < -0.39 is 11.9 Å². The van der Waals surface area contributed by atoms with Crippen LogP contribution in [0.1, 0.15) is 39.5 Å². The molecule has 0 spiro atoms. The zero-order valence-electron chi connectivity index (χ0n) is 13.2. The molecular weight excluding hydrogens is 272 g/mol. The van der Waals surface area contributed by atoms with Crippen LogP contribution in [0, 0.1) is 11.8 Å². The number of nitrogens with zero attached hydrogens (tertiary/aromatic N) is 2. The highest BCUT2D eigenvalue weighted by Crippen LogP contribution is 2.20. The minimum atomic E-state index is -0.905. The average molecular weight is 298 g/mol. The maximum absolute atomic E-state index is 12.4. The molecule has 0 aromatic rings. The van der Waals surface area contributed by atoms with Crippen molar-refractivity contribution in [3.63, 3.8) is 0 Å². The van der Waals surface area contributed by atoms with E-state index in [0.29, 0.717) is 13.0 Å². The first-order chi connectivity index (χ1) is 9.86. The molecule has 1 rings (SSSR count). The maximum atomic E-state index is 12.4. The Labute approximate surface area is 126 Å². The largest absolute Gasteiger partial charge is 0.481 e. The van der Waals surface area contributed by atoms with Crippen molar-refractivity contribution in [2.24, 2.45) is 11.8 Å². The summed E-state index contributed by atoms with van der Waals surface area (Å²) >= 11 is 0. The van der Waals surface area contributed by atoms with Gasteiger partial charge >= 0.3 is 5.97 Å². The first-order valence-corrected chi connectivity index (χ1v) is 7.62. The number of carboxylic acid groups (broad SMARTS) is 1. The molecule has 1 aliphatic heterocycles. The molecular formula is C15H26N2O4. The van der Waals surface area contributed by atoms with E-state index in [-0.39, 0.29) is 24.3 Å². The highest BCUT2D eigenvalue weighted by Gasteiger charge is 2.30. The highest BCUT2D eigenvalue weighted by atomic mass is 16.4. The minimum Gasteiger partial charge on any atom is -0.481 e. The van der Waals surface area contributed by atoms with Crippen molar-refractivity contribution >= 4 is 17.8 Å². The molecule has 0 aromatic heterocycles. The summed E-state index contributed by atoms with van der Waals surface area (Å²) in [5, 5.41) is 8.91. The lowest BCUT2D eigenvalue weighted by Crippen LogP contribution is -2.46. The zero-order valence-corrected chi connectivity index (χ0v) is 13.2. The van der Waals surface area contributed by atoms with Gasteiger partial charge in [-0.2, -0.15) is 0 Å². The summed E-state index contributed by atoms with van der Waals surface area (Å²) in [6.45, 7) is 4.94. The van der Waals surface area contributed by atoms with E-state index in [4.69, 9.17) is 5.11 Å². The summed E-state index contributed by atoms with van der Waals surface area (Å²) in [7, 11) is 1.63. The number of carbonyl (C=O) groups is 3. The molecule has 1 aliphatic rings. The number of hydrogen-bond acceptors (Lipinski definition) is 3. The normalized spacial score (nSPS) is 20.0. The standard InChI is InChI=1S/C15H26N2O4/c1-4-6-13(18)17-8-5-7-12(10-17)14(19)16(3)9-11(2)15(20)21/h11-12H,4-10H2,1-3H3,(H,20,21). The molecule has 2 atom stereocenters. The Kier molecular flexibility index (Phi) is 6.65. The third kappa shape index (κ3) is 5.02. The van der Waals surface area contributed by atoms with Crippen LogP contribution in [0.4, 0.5) is 0 Å². The molecule has 1 N–H and O–H groups in total. The summed E-state index contributed by atoms with van der Waals surface area (Å²) in [6.07, 6.45) is 2.92. The quantitative estimate of drug-likeness (QED) is 0.799. The van der Waals surface area contributed by atoms with Gasteiger partial charge in [0.15, 0.2) is 0 Å². The van der Waals surface area contributed by atoms with E-state index in [1.165, 1.54) is 4.90 Å². The fourth-order valence-corrected chi connectivity index (χ4v) is 2.67. The molecule has 0 saturated carbocycles. The molecule has 0 bridgehead atoms. The van der Waals surface area contributed by atoms with E-state index in [0.717, 1.165) is 25.8 Å². The van der Waals surface area contributed by atoms with Crippen LogP contribution in [-0.2, 0) is 14.4 Å². The summed E-state index contributed by atoms with van der Waals surface area (Å²) in [5.41, 5.74) is 0. The number of piperidine rings is 1. The Bertz CT molecular complexity index is 397. The van der Waals surface area contributed by atoms with Gasteiger partial charge in [-0.25, -0.2) is 0 Å². The van der Waals surface area contributed by atoms with Crippen LogP contribution in [0.3, 0.4) is 0 Å². The van der Waals surface area contributed by atoms with Gasteiger partial charge in [0.05, 0.1) is 11.8 Å². The van der Waals surface area contributed by atoms with Gasteiger partial charge < -0.3 is 14.9 Å². The van der Waals surface area contributed by atoms with Crippen molar-refractivity contribution in [1.82, 2.24) is 9.80 Å². The van der Waals surface area contributed by atoms with Crippen molar-refractivity contribution in [3.05, 3.63) is 0 Å². The lowest BCUT2D eigenvalue weighted by Gasteiger charge is -2.34. The van der Waals surface area contributed by atoms with Crippen LogP contribution < -0.4 is 0 Å². The third-order valence-corrected chi connectivity index (χ3v) is 3.93. The second-order valence-electron chi connectivity index (χ2n) is 5.89. The van der Waals surface area contributed by atoms with Crippen LogP contribution in [-0.4, -0.2) is 59.4 Å². The number of hydrogen-bond donors (Lipinski definition) is 1. The van der Waals surface area contributed by atoms with E-state index in [1.807, 2.05) is 6.92 Å². The smallest absolute Gasteiger partial charge is 0.308 e. The van der Waals surface area contributed by atoms with Gasteiger partial charge in [0.25, 0.3) is 0 Å². The lowest BCUT2D eigenvalue weighted by molar-refractivity contribution is -0.144. The fourth-order valence-electron chi connectivity index (χ4n) is 2.67. The first-order valence-electron chi connectivity index (χ1n) is 7.62. The second-order valence-corrected chi connectivity index (χ2v) is 5.89. The van der Waals surface area contributed by atoms with E-state index in [2.05, 4.69) is 0 Å². The summed E-state index contributed by atoms with van der Waals surface area (Å²) < 4.78 is 0. The lowest BCUT2D eigenvalue weighted by atomic mass is 9.96. The SMILES string of the molecule is CCCC(=O)N1CCCC(C(=O)N(C)CC(C)C(=O)O)C1. The summed E-state index contributed by atoms with van der Waals surface area (Å²) in [4.78, 5) is 38.4. The Morgan fingerprint density at radius 2 is 2.05 bits per heavy atom. The molecule has 1 fully saturated rings. The number of amides is 2. The molecule has 21 heavy (non-hydrogen) atoms. The van der Waals surface area contributed by atoms with E-state index in [9.17, 15) is 14.4 Å². The molecule has 0 aromatic carbocycles. The maximum Gasteiger partial charge on any atom is 0.308 e. The first kappa shape index (κ1) is 17.5. The molecule has 2 unspecified atom stereocenters. The van der Waals surface area contributed by atoms with Gasteiger partial charge in [0, 0.05) is 33.1 Å². The predicted octanol–water partition coefficient (Wildman–Crippen LogP) is 1.20. The van der Waals surface area contributed by atoms with Crippen LogP contribution >= 0.6 is 0 Å². The molecule has 120 valence electrons. The van der Waals surface area contributed by atoms with Crippen LogP contribution in [0.2, 0.25) is 0 Å². The minimum absolute atomic E-state index is 0.0582. The van der Waals surface area contributed by atoms with Crippen molar-refractivity contribution < 1.29 is 19.5 Å². The van der Waals surface area contributed by atoms with Crippen LogP contribution in [0.15, 0.2) is 0 Å². The number of carbonyl (C=O) groups excluding carboxylic acids is 2. The number of aliphatic carboxylic acids is 1. The second kappa shape index (κ2) is 8.00. The van der Waals surface area contributed by atoms with Crippen molar-refractivity contribution in [2.45, 2.75) is 39.5 Å². The van der Waals surface area contributed by atoms with Gasteiger partial charge in [-0.15, -0.1) is 0 Å². The topological polar surface area (TPSA) is 77.9 Å². The molecule has 6 heteroatoms. The third-order valence-electron chi connectivity index (χ3n) is 3.93. The highest BCUT2D eigenvalue weighted by molar-refractivity contribution is 5.81. The van der Waals surface area contributed by atoms with Gasteiger partial charge in [-0.05, 0) is 19.3 Å². The number of rotatable bonds is 6. The van der Waals surface area contributed by atoms with Gasteiger partial charge in [0.2, 0.25) is 11.8 Å². The number of carboxylic acids is 1. The van der Waals surface area contributed by atoms with Gasteiger partial charge in [-0.3, -0.25) is 14.4 Å². The Hall–Kier alpha value is -1.59. The molecule has 6 nitrogen and oxygen atoms in total. The monoisotopic (exact) mass is 298 g/mol. The van der Waals surface area contributed by atoms with Crippen molar-refractivity contribution in [1.29, 1.82) is 0 Å². The zero-order chi connectivity index (χ0) is 16.0. The van der Waals surface area contributed by atoms with E-state index >= 15 is 0 Å². The molecule has 2 amide bonds. The molecule has 1 saturated heterocycles. The summed E-state index contributed by atoms with van der Waals surface area (Å²) in [6, 6.07) is 0. The van der Waals surface area contributed by atoms with E-state index in [1.54, 1.807) is 18.9 Å². The van der Waals surface area contributed by atoms with Crippen LogP contribution in [0.25, 0.3) is 0 Å². The van der Waals surface area contributed by atoms with Gasteiger partial charge in [0.1, 0.15) is 0 Å². The summed E-state index contributed by atoms with van der Waals surface area (Å²) in [5.74, 6) is -1.64. The molecule has 0 radical (unpaired) electrons. The fraction of sp³-hybridized carbons (Fsp3) is 0.800. The average Bonchev–Trinajstić information content (AvgIpc) is 2.46. The van der Waals surface area contributed by atoms with Crippen LogP contribution in [0.5, 0.6) is 0 Å². The Morgan fingerprint density at radius 3 is 2.62 bits per heavy atom.